The van der Waals surface area contributed by atoms with Gasteiger partial charge in [0.15, 0.2) is 0 Å². The van der Waals surface area contributed by atoms with Gasteiger partial charge in [0.2, 0.25) is 0 Å². The molecule has 8 heteroatoms. The van der Waals surface area contributed by atoms with Crippen molar-refractivity contribution in [2.45, 2.75) is 33.4 Å². The number of carbonyl (C=O) groups is 1. The molecule has 0 saturated heterocycles. The maximum absolute atomic E-state index is 9.28. The van der Waals surface area contributed by atoms with E-state index < -0.39 is 0 Å². The molecule has 2 rings (SSSR count). The number of rotatable bonds is 9. The third-order valence-electron chi connectivity index (χ3n) is 3.43. The largest absolute Gasteiger partial charge is 0.492 e. The van der Waals surface area contributed by atoms with E-state index in [0.717, 1.165) is 29.3 Å². The Morgan fingerprint density at radius 1 is 1.38 bits per heavy atom. The van der Waals surface area contributed by atoms with E-state index in [-0.39, 0.29) is 13.1 Å². The van der Waals surface area contributed by atoms with Gasteiger partial charge < -0.3 is 19.9 Å². The molecule has 7 nitrogen and oxygen atoms in total. The second kappa shape index (κ2) is 12.3. The van der Waals surface area contributed by atoms with Gasteiger partial charge in [-0.2, -0.15) is 0 Å². The molecule has 0 unspecified atom stereocenters. The van der Waals surface area contributed by atoms with Crippen molar-refractivity contribution >= 4 is 18.1 Å². The number of halogens is 1. The summed E-state index contributed by atoms with van der Waals surface area (Å²) in [5, 5.41) is 16.8. The normalized spacial score (nSPS) is 10.3. The molecular weight excluding hydrogens is 358 g/mol. The number of imidazole rings is 1. The molecule has 0 amide bonds. The van der Waals surface area contributed by atoms with Gasteiger partial charge in [0.1, 0.15) is 11.6 Å². The molecule has 0 aliphatic heterocycles. The summed E-state index contributed by atoms with van der Waals surface area (Å²) in [6.45, 7) is 6.50. The summed E-state index contributed by atoms with van der Waals surface area (Å²) in [7, 11) is 0. The van der Waals surface area contributed by atoms with Crippen LogP contribution in [0.4, 0.5) is 0 Å². The van der Waals surface area contributed by atoms with Gasteiger partial charge >= 0.3 is 0 Å². The van der Waals surface area contributed by atoms with Crippen LogP contribution >= 0.6 is 11.6 Å². The molecule has 0 aliphatic rings. The summed E-state index contributed by atoms with van der Waals surface area (Å²) < 4.78 is 5.59. The number of aromatic amines is 1. The number of aryl methyl sites for hydroxylation is 1. The van der Waals surface area contributed by atoms with Crippen LogP contribution in [0.1, 0.15) is 30.4 Å². The van der Waals surface area contributed by atoms with E-state index in [0.29, 0.717) is 31.3 Å². The molecule has 26 heavy (non-hydrogen) atoms. The molecule has 0 atom stereocenters. The van der Waals surface area contributed by atoms with Gasteiger partial charge in [-0.15, -0.1) is 0 Å². The van der Waals surface area contributed by atoms with Crippen molar-refractivity contribution in [3.63, 3.8) is 0 Å². The molecule has 0 bridgehead atoms. The Morgan fingerprint density at radius 3 is 2.65 bits per heavy atom. The lowest BCUT2D eigenvalue weighted by molar-refractivity contribution is -0.122. The molecule has 0 saturated carbocycles. The highest BCUT2D eigenvalue weighted by atomic mass is 35.5. The Balaban J connectivity index is 0.00000105. The molecule has 144 valence electrons. The molecule has 0 fully saturated rings. The fourth-order valence-electron chi connectivity index (χ4n) is 2.38. The lowest BCUT2D eigenvalue weighted by Gasteiger charge is -2.21. The van der Waals surface area contributed by atoms with E-state index in [2.05, 4.69) is 21.8 Å². The SMILES string of the molecule is CCCOc1ccc(CN(CCO)Cc2cnc(C)[nH]2)cc1Cl.O=CO. The van der Waals surface area contributed by atoms with Crippen molar-refractivity contribution in [3.05, 3.63) is 46.5 Å². The van der Waals surface area contributed by atoms with Crippen molar-refractivity contribution in [3.8, 4) is 5.75 Å². The second-order valence-corrected chi connectivity index (χ2v) is 6.05. The van der Waals surface area contributed by atoms with Crippen molar-refractivity contribution in [2.24, 2.45) is 0 Å². The lowest BCUT2D eigenvalue weighted by Crippen LogP contribution is -2.26. The second-order valence-electron chi connectivity index (χ2n) is 5.65. The Labute approximate surface area is 158 Å². The summed E-state index contributed by atoms with van der Waals surface area (Å²) in [6, 6.07) is 5.85. The Kier molecular flexibility index (Phi) is 10.4. The van der Waals surface area contributed by atoms with E-state index in [9.17, 15) is 5.11 Å². The molecular formula is C18H26ClN3O4. The van der Waals surface area contributed by atoms with Crippen LogP contribution in [0.15, 0.2) is 24.4 Å². The third kappa shape index (κ3) is 7.86. The fourth-order valence-corrected chi connectivity index (χ4v) is 2.64. The van der Waals surface area contributed by atoms with E-state index >= 15 is 0 Å². The van der Waals surface area contributed by atoms with Gasteiger partial charge in [-0.3, -0.25) is 9.69 Å². The van der Waals surface area contributed by atoms with Crippen LogP contribution < -0.4 is 4.74 Å². The predicted molar refractivity (Wildman–Crippen MR) is 100 cm³/mol. The van der Waals surface area contributed by atoms with Crippen LogP contribution in [0.25, 0.3) is 0 Å². The molecule has 1 aromatic carbocycles. The minimum absolute atomic E-state index is 0.110. The highest BCUT2D eigenvalue weighted by molar-refractivity contribution is 6.32. The summed E-state index contributed by atoms with van der Waals surface area (Å²) in [6.07, 6.45) is 2.78. The average Bonchev–Trinajstić information content (AvgIpc) is 3.00. The van der Waals surface area contributed by atoms with E-state index in [1.165, 1.54) is 0 Å². The number of carboxylic acid groups (broad SMARTS) is 1. The number of nitrogens with one attached hydrogen (secondary N) is 1. The number of aromatic nitrogens is 2. The number of hydrogen-bond acceptors (Lipinski definition) is 5. The van der Waals surface area contributed by atoms with Crippen LogP contribution in [0.3, 0.4) is 0 Å². The zero-order valence-electron chi connectivity index (χ0n) is 15.1. The number of benzene rings is 1. The summed E-state index contributed by atoms with van der Waals surface area (Å²) in [4.78, 5) is 17.9. The number of H-pyrrole nitrogens is 1. The summed E-state index contributed by atoms with van der Waals surface area (Å²) in [5.74, 6) is 1.61. The molecule has 2 aromatic rings. The van der Waals surface area contributed by atoms with E-state index in [1.54, 1.807) is 0 Å². The molecule has 0 radical (unpaired) electrons. The monoisotopic (exact) mass is 383 g/mol. The third-order valence-corrected chi connectivity index (χ3v) is 3.73. The van der Waals surface area contributed by atoms with Gasteiger partial charge in [-0.1, -0.05) is 24.6 Å². The van der Waals surface area contributed by atoms with Gasteiger partial charge in [0, 0.05) is 31.5 Å². The Bertz CT molecular complexity index is 664. The smallest absolute Gasteiger partial charge is 0.290 e. The van der Waals surface area contributed by atoms with Crippen LogP contribution in [-0.4, -0.2) is 51.3 Å². The molecule has 1 aromatic heterocycles. The Hall–Kier alpha value is -2.09. The molecule has 0 aliphatic carbocycles. The van der Waals surface area contributed by atoms with Crippen LogP contribution in [0, 0.1) is 6.92 Å². The zero-order chi connectivity index (χ0) is 19.4. The Morgan fingerprint density at radius 2 is 2.12 bits per heavy atom. The summed E-state index contributed by atoms with van der Waals surface area (Å²) in [5.41, 5.74) is 2.12. The highest BCUT2D eigenvalue weighted by Gasteiger charge is 2.10. The fraction of sp³-hybridized carbons (Fsp3) is 0.444. The van der Waals surface area contributed by atoms with Gasteiger partial charge in [-0.05, 0) is 31.0 Å². The first-order valence-corrected chi connectivity index (χ1v) is 8.74. The number of ether oxygens (including phenoxy) is 1. The topological polar surface area (TPSA) is 98.7 Å². The summed E-state index contributed by atoms with van der Waals surface area (Å²) >= 11 is 6.28. The number of hydrogen-bond donors (Lipinski definition) is 3. The highest BCUT2D eigenvalue weighted by Crippen LogP contribution is 2.26. The van der Waals surface area contributed by atoms with Gasteiger partial charge in [0.05, 0.1) is 18.2 Å². The van der Waals surface area contributed by atoms with Crippen LogP contribution in [0.5, 0.6) is 5.75 Å². The maximum Gasteiger partial charge on any atom is 0.290 e. The first-order valence-electron chi connectivity index (χ1n) is 8.36. The first-order chi connectivity index (χ1) is 12.5. The standard InChI is InChI=1S/C17H24ClN3O2.CH2O2/c1-3-8-23-17-5-4-14(9-16(17)18)11-21(6-7-22)12-15-10-19-13(2)20-15;2-1-3/h4-5,9-10,22H,3,6-8,11-12H2,1-2H3,(H,19,20);1H,(H,2,3). The van der Waals surface area contributed by atoms with Gasteiger partial charge in [-0.25, -0.2) is 4.98 Å². The molecule has 0 spiro atoms. The maximum atomic E-state index is 9.28. The molecule has 1 heterocycles. The quantitative estimate of drug-likeness (QED) is 0.576. The number of aliphatic hydroxyl groups is 1. The van der Waals surface area contributed by atoms with Crippen molar-refractivity contribution in [2.75, 3.05) is 19.8 Å². The van der Waals surface area contributed by atoms with Crippen molar-refractivity contribution in [1.82, 2.24) is 14.9 Å². The van der Waals surface area contributed by atoms with E-state index in [4.69, 9.17) is 26.2 Å². The predicted octanol–water partition coefficient (Wildman–Crippen LogP) is 2.86. The van der Waals surface area contributed by atoms with E-state index in [1.807, 2.05) is 31.3 Å². The first kappa shape index (κ1) is 22.0. The van der Waals surface area contributed by atoms with Crippen molar-refractivity contribution in [1.29, 1.82) is 0 Å². The molecule has 3 N–H and O–H groups in total. The minimum Gasteiger partial charge on any atom is -0.492 e. The number of nitrogens with zero attached hydrogens (tertiary/aromatic N) is 2. The average molecular weight is 384 g/mol. The van der Waals surface area contributed by atoms with Crippen LogP contribution in [0.2, 0.25) is 5.02 Å². The van der Waals surface area contributed by atoms with Crippen LogP contribution in [-0.2, 0) is 17.9 Å². The lowest BCUT2D eigenvalue weighted by atomic mass is 10.2. The van der Waals surface area contributed by atoms with Crippen molar-refractivity contribution < 1.29 is 19.7 Å². The minimum atomic E-state index is -0.250. The number of aliphatic hydroxyl groups excluding tert-OH is 1. The van der Waals surface area contributed by atoms with Gasteiger partial charge in [0.25, 0.3) is 6.47 Å². The zero-order valence-corrected chi connectivity index (χ0v) is 15.9.